The van der Waals surface area contributed by atoms with Gasteiger partial charge in [-0.25, -0.2) is 0 Å². The van der Waals surface area contributed by atoms with Crippen LogP contribution in [-0.2, 0) is 9.53 Å². The van der Waals surface area contributed by atoms with E-state index in [9.17, 15) is 4.79 Å². The Hall–Kier alpha value is -1.18. The molecular formula is C15H22B2O2. The van der Waals surface area contributed by atoms with Gasteiger partial charge in [-0.05, 0) is 31.5 Å². The van der Waals surface area contributed by atoms with E-state index in [4.69, 9.17) is 4.74 Å². The summed E-state index contributed by atoms with van der Waals surface area (Å²) in [6, 6.07) is 10.2. The monoisotopic (exact) mass is 256 g/mol. The molecule has 0 spiro atoms. The van der Waals surface area contributed by atoms with Crippen LogP contribution in [0.25, 0.3) is 0 Å². The fraction of sp³-hybridized carbons (Fsp3) is 0.533. The molecule has 1 aromatic carbocycles. The highest BCUT2D eigenvalue weighted by atomic mass is 16.5. The minimum absolute atomic E-state index is 0.0387. The van der Waals surface area contributed by atoms with E-state index >= 15 is 0 Å². The summed E-state index contributed by atoms with van der Waals surface area (Å²) in [4.78, 5) is 12.2. The minimum atomic E-state index is -0.0793. The average Bonchev–Trinajstić information content (AvgIpc) is 2.47. The Balaban J connectivity index is 1.91. The molecule has 0 bridgehead atoms. The van der Waals surface area contributed by atoms with Gasteiger partial charge in [-0.2, -0.15) is 0 Å². The minimum Gasteiger partial charge on any atom is -0.463 e. The van der Waals surface area contributed by atoms with Crippen molar-refractivity contribution in [3.05, 3.63) is 35.9 Å². The molecule has 0 radical (unpaired) electrons. The van der Waals surface area contributed by atoms with Crippen LogP contribution in [0.5, 0.6) is 0 Å². The Morgan fingerprint density at radius 3 is 2.37 bits per heavy atom. The Kier molecular flexibility index (Phi) is 5.12. The number of ether oxygens (including phenoxy) is 1. The van der Waals surface area contributed by atoms with Gasteiger partial charge in [0.25, 0.3) is 0 Å². The van der Waals surface area contributed by atoms with Crippen molar-refractivity contribution in [2.45, 2.75) is 49.8 Å². The van der Waals surface area contributed by atoms with E-state index in [1.54, 1.807) is 0 Å². The molecule has 1 aliphatic carbocycles. The van der Waals surface area contributed by atoms with Crippen LogP contribution in [0, 0.1) is 0 Å². The van der Waals surface area contributed by atoms with Crippen molar-refractivity contribution in [1.29, 1.82) is 0 Å². The van der Waals surface area contributed by atoms with Crippen LogP contribution in [0.2, 0.25) is 5.82 Å². The summed E-state index contributed by atoms with van der Waals surface area (Å²) in [6.45, 7) is 0. The molecule has 2 nitrogen and oxygen atoms in total. The molecule has 0 N–H and O–H groups in total. The number of benzene rings is 1. The number of carbonyl (C=O) groups is 1. The first kappa shape index (κ1) is 14.2. The standard InChI is InChI=1S/C15H22B2O2/c16-13(11-7-3-1-4-8-11)14(17)15(18)19-12-9-5-2-6-10-12/h1,3-4,7-8,12-14H,2,5-6,9-10,16-17H2. The lowest BCUT2D eigenvalue weighted by atomic mass is 9.63. The van der Waals surface area contributed by atoms with Crippen molar-refractivity contribution in [3.8, 4) is 0 Å². The Bertz CT molecular complexity index is 402. The second-order valence-corrected chi connectivity index (χ2v) is 5.68. The maximum atomic E-state index is 12.2. The van der Waals surface area contributed by atoms with Crippen molar-refractivity contribution in [2.75, 3.05) is 0 Å². The van der Waals surface area contributed by atoms with E-state index in [2.05, 4.69) is 20.0 Å². The van der Waals surface area contributed by atoms with Crippen molar-refractivity contribution < 1.29 is 9.53 Å². The molecule has 1 fully saturated rings. The van der Waals surface area contributed by atoms with E-state index < -0.39 is 0 Å². The third-order valence-electron chi connectivity index (χ3n) is 4.28. The van der Waals surface area contributed by atoms with Crippen molar-refractivity contribution in [3.63, 3.8) is 0 Å². The molecule has 1 saturated carbocycles. The first-order valence-corrected chi connectivity index (χ1v) is 7.44. The van der Waals surface area contributed by atoms with Gasteiger partial charge in [0.2, 0.25) is 0 Å². The molecule has 0 aromatic heterocycles. The summed E-state index contributed by atoms with van der Waals surface area (Å²) in [5.41, 5.74) is 1.20. The highest BCUT2D eigenvalue weighted by molar-refractivity contribution is 6.29. The number of hydrogen-bond acceptors (Lipinski definition) is 2. The normalized spacial score (nSPS) is 19.6. The van der Waals surface area contributed by atoms with Gasteiger partial charge >= 0.3 is 5.97 Å². The van der Waals surface area contributed by atoms with Crippen LogP contribution in [-0.4, -0.2) is 27.8 Å². The van der Waals surface area contributed by atoms with Crippen molar-refractivity contribution in [1.82, 2.24) is 0 Å². The van der Waals surface area contributed by atoms with E-state index in [1.165, 1.54) is 24.8 Å². The van der Waals surface area contributed by atoms with Gasteiger partial charge in [-0.15, -0.1) is 0 Å². The van der Waals surface area contributed by atoms with Crippen molar-refractivity contribution >= 4 is 21.7 Å². The van der Waals surface area contributed by atoms with Gasteiger partial charge in [0.15, 0.2) is 0 Å². The first-order valence-electron chi connectivity index (χ1n) is 7.44. The van der Waals surface area contributed by atoms with E-state index in [1.807, 2.05) is 26.0 Å². The summed E-state index contributed by atoms with van der Waals surface area (Å²) in [5.74, 6) is 0.0878. The Labute approximate surface area is 117 Å². The lowest BCUT2D eigenvalue weighted by molar-refractivity contribution is -0.150. The largest absolute Gasteiger partial charge is 0.463 e. The fourth-order valence-corrected chi connectivity index (χ4v) is 2.70. The third kappa shape index (κ3) is 3.89. The summed E-state index contributed by atoms with van der Waals surface area (Å²) in [7, 11) is 4.07. The Morgan fingerprint density at radius 2 is 1.74 bits per heavy atom. The number of rotatable bonds is 4. The highest BCUT2D eigenvalue weighted by Crippen LogP contribution is 2.27. The van der Waals surface area contributed by atoms with E-state index in [0.29, 0.717) is 0 Å². The maximum absolute atomic E-state index is 12.2. The number of hydrogen-bond donors (Lipinski definition) is 0. The smallest absolute Gasteiger partial charge is 0.300 e. The van der Waals surface area contributed by atoms with Crippen LogP contribution >= 0.6 is 0 Å². The lowest BCUT2D eigenvalue weighted by Gasteiger charge is -2.26. The maximum Gasteiger partial charge on any atom is 0.300 e. The summed E-state index contributed by atoms with van der Waals surface area (Å²) in [6.07, 6.45) is 5.91. The van der Waals surface area contributed by atoms with E-state index in [-0.39, 0.29) is 23.7 Å². The fourth-order valence-electron chi connectivity index (χ4n) is 2.70. The zero-order valence-electron chi connectivity index (χ0n) is 12.0. The molecule has 100 valence electrons. The molecule has 0 amide bonds. The van der Waals surface area contributed by atoms with Crippen LogP contribution in [0.4, 0.5) is 0 Å². The number of esters is 1. The molecule has 1 aliphatic rings. The summed E-state index contributed by atoms with van der Waals surface area (Å²) < 4.78 is 5.66. The second kappa shape index (κ2) is 6.83. The van der Waals surface area contributed by atoms with Crippen LogP contribution < -0.4 is 0 Å². The Morgan fingerprint density at radius 1 is 1.11 bits per heavy atom. The topological polar surface area (TPSA) is 26.3 Å². The summed E-state index contributed by atoms with van der Waals surface area (Å²) in [5, 5.41) is 0. The SMILES string of the molecule is BC(C(=O)OC1CCCCC1)C(B)c1ccccc1. The molecular weight excluding hydrogens is 234 g/mol. The van der Waals surface area contributed by atoms with Crippen LogP contribution in [0.3, 0.4) is 0 Å². The molecule has 2 rings (SSSR count). The lowest BCUT2D eigenvalue weighted by Crippen LogP contribution is -2.26. The molecule has 2 atom stereocenters. The van der Waals surface area contributed by atoms with Crippen LogP contribution in [0.1, 0.15) is 43.5 Å². The zero-order valence-corrected chi connectivity index (χ0v) is 12.0. The highest BCUT2D eigenvalue weighted by Gasteiger charge is 2.26. The van der Waals surface area contributed by atoms with Gasteiger partial charge in [0.1, 0.15) is 21.8 Å². The van der Waals surface area contributed by atoms with Crippen molar-refractivity contribution in [2.24, 2.45) is 0 Å². The zero-order chi connectivity index (χ0) is 13.7. The second-order valence-electron chi connectivity index (χ2n) is 5.68. The molecule has 0 aliphatic heterocycles. The quantitative estimate of drug-likeness (QED) is 0.604. The molecule has 1 aromatic rings. The molecule has 19 heavy (non-hydrogen) atoms. The van der Waals surface area contributed by atoms with Crippen LogP contribution in [0.15, 0.2) is 30.3 Å². The van der Waals surface area contributed by atoms with Gasteiger partial charge < -0.3 is 4.74 Å². The predicted octanol–water partition coefficient (Wildman–Crippen LogP) is 1.66. The first-order chi connectivity index (χ1) is 9.18. The van der Waals surface area contributed by atoms with Gasteiger partial charge in [-0.3, -0.25) is 4.79 Å². The predicted molar refractivity (Wildman–Crippen MR) is 83.0 cm³/mol. The van der Waals surface area contributed by atoms with Gasteiger partial charge in [0, 0.05) is 5.82 Å². The molecule has 4 heteroatoms. The van der Waals surface area contributed by atoms with E-state index in [0.717, 1.165) is 12.8 Å². The molecule has 0 saturated heterocycles. The third-order valence-corrected chi connectivity index (χ3v) is 4.28. The number of carbonyl (C=O) groups excluding carboxylic acids is 1. The molecule has 0 heterocycles. The van der Waals surface area contributed by atoms with Gasteiger partial charge in [0.05, 0.1) is 0 Å². The average molecular weight is 256 g/mol. The molecule has 2 unspecified atom stereocenters. The summed E-state index contributed by atoms with van der Waals surface area (Å²) >= 11 is 0. The van der Waals surface area contributed by atoms with Gasteiger partial charge in [-0.1, -0.05) is 42.3 Å².